The van der Waals surface area contributed by atoms with Crippen molar-refractivity contribution in [1.29, 1.82) is 0 Å². The third kappa shape index (κ3) is 4.19. The number of hydrogen-bond donors (Lipinski definition) is 1. The highest BCUT2D eigenvalue weighted by atomic mass is 16.5. The third-order valence-electron chi connectivity index (χ3n) is 4.48. The van der Waals surface area contributed by atoms with Crippen LogP contribution in [0.25, 0.3) is 17.2 Å². The summed E-state index contributed by atoms with van der Waals surface area (Å²) in [4.78, 5) is 21.4. The van der Waals surface area contributed by atoms with Gasteiger partial charge < -0.3 is 10.1 Å². The smallest absolute Gasteiger partial charge is 0.254 e. The number of rotatable bonds is 7. The Morgan fingerprint density at radius 2 is 2.04 bits per heavy atom. The van der Waals surface area contributed by atoms with E-state index >= 15 is 0 Å². The summed E-state index contributed by atoms with van der Waals surface area (Å²) in [5, 5.41) is 7.27. The van der Waals surface area contributed by atoms with Gasteiger partial charge in [0.2, 0.25) is 0 Å². The molecule has 0 aliphatic heterocycles. The van der Waals surface area contributed by atoms with Crippen molar-refractivity contribution in [2.45, 2.75) is 27.2 Å². The molecule has 0 atom stereocenters. The lowest BCUT2D eigenvalue weighted by atomic mass is 10.1. The Morgan fingerprint density at radius 1 is 1.25 bits per heavy atom. The van der Waals surface area contributed by atoms with Crippen LogP contribution in [0.3, 0.4) is 0 Å². The standard InChI is InChI=1S/C21H25N5O2/c1-14(2)9-11-22-20(27)17-13-24-26(15(17)3)21-23-12-10-18(25-21)16-7-5-6-8-19(16)28-4/h5-8,10,12-14H,9,11H2,1-4H3,(H,22,27). The van der Waals surface area contributed by atoms with Crippen LogP contribution in [0, 0.1) is 12.8 Å². The average molecular weight is 379 g/mol. The first-order valence-corrected chi connectivity index (χ1v) is 9.31. The van der Waals surface area contributed by atoms with Crippen molar-refractivity contribution >= 4 is 5.91 Å². The molecule has 0 spiro atoms. The Bertz CT molecular complexity index is 965. The maximum atomic E-state index is 12.4. The van der Waals surface area contributed by atoms with E-state index in [-0.39, 0.29) is 5.91 Å². The normalized spacial score (nSPS) is 10.9. The van der Waals surface area contributed by atoms with Crippen LogP contribution in [-0.4, -0.2) is 39.3 Å². The van der Waals surface area contributed by atoms with E-state index in [0.29, 0.717) is 29.7 Å². The minimum atomic E-state index is -0.134. The van der Waals surface area contributed by atoms with Crippen LogP contribution >= 0.6 is 0 Å². The summed E-state index contributed by atoms with van der Waals surface area (Å²) in [6.07, 6.45) is 4.16. The number of carbonyl (C=O) groups excluding carboxylic acids is 1. The predicted octanol–water partition coefficient (Wildman–Crippen LogP) is 3.42. The molecule has 3 aromatic rings. The van der Waals surface area contributed by atoms with Crippen molar-refractivity contribution in [2.24, 2.45) is 5.92 Å². The summed E-state index contributed by atoms with van der Waals surface area (Å²) < 4.78 is 7.00. The van der Waals surface area contributed by atoms with Gasteiger partial charge in [-0.1, -0.05) is 26.0 Å². The van der Waals surface area contributed by atoms with Crippen molar-refractivity contribution in [2.75, 3.05) is 13.7 Å². The number of aromatic nitrogens is 4. The quantitative estimate of drug-likeness (QED) is 0.680. The number of nitrogens with one attached hydrogen (secondary N) is 1. The molecule has 0 saturated carbocycles. The molecule has 0 radical (unpaired) electrons. The Balaban J connectivity index is 1.87. The van der Waals surface area contributed by atoms with E-state index in [4.69, 9.17) is 4.74 Å². The minimum Gasteiger partial charge on any atom is -0.496 e. The van der Waals surface area contributed by atoms with Gasteiger partial charge in [-0.15, -0.1) is 0 Å². The Labute approximate surface area is 164 Å². The van der Waals surface area contributed by atoms with Crippen molar-refractivity contribution < 1.29 is 9.53 Å². The van der Waals surface area contributed by atoms with E-state index in [1.165, 1.54) is 0 Å². The van der Waals surface area contributed by atoms with Gasteiger partial charge in [-0.3, -0.25) is 4.79 Å². The highest BCUT2D eigenvalue weighted by Crippen LogP contribution is 2.28. The van der Waals surface area contributed by atoms with Crippen LogP contribution in [0.15, 0.2) is 42.7 Å². The fourth-order valence-corrected chi connectivity index (χ4v) is 2.86. The number of carbonyl (C=O) groups is 1. The maximum Gasteiger partial charge on any atom is 0.254 e. The lowest BCUT2D eigenvalue weighted by Crippen LogP contribution is -2.25. The molecule has 3 rings (SSSR count). The molecular weight excluding hydrogens is 354 g/mol. The molecule has 0 bridgehead atoms. The zero-order valence-corrected chi connectivity index (χ0v) is 16.6. The molecule has 1 aromatic carbocycles. The zero-order valence-electron chi connectivity index (χ0n) is 16.6. The van der Waals surface area contributed by atoms with E-state index in [1.54, 1.807) is 24.2 Å². The third-order valence-corrected chi connectivity index (χ3v) is 4.48. The molecule has 0 unspecified atom stereocenters. The number of ether oxygens (including phenoxy) is 1. The van der Waals surface area contributed by atoms with Crippen LogP contribution in [0.1, 0.15) is 36.3 Å². The van der Waals surface area contributed by atoms with E-state index < -0.39 is 0 Å². The van der Waals surface area contributed by atoms with E-state index in [9.17, 15) is 4.79 Å². The largest absolute Gasteiger partial charge is 0.496 e. The van der Waals surface area contributed by atoms with Crippen molar-refractivity contribution in [1.82, 2.24) is 25.1 Å². The monoisotopic (exact) mass is 379 g/mol. The van der Waals surface area contributed by atoms with Gasteiger partial charge in [0, 0.05) is 18.3 Å². The molecule has 2 aromatic heterocycles. The summed E-state index contributed by atoms with van der Waals surface area (Å²) in [6, 6.07) is 9.48. The molecule has 0 saturated heterocycles. The van der Waals surface area contributed by atoms with Gasteiger partial charge in [-0.2, -0.15) is 5.10 Å². The van der Waals surface area contributed by atoms with Gasteiger partial charge in [0.05, 0.1) is 30.3 Å². The molecule has 1 amide bonds. The molecule has 28 heavy (non-hydrogen) atoms. The molecule has 0 aliphatic carbocycles. The fraction of sp³-hybridized carbons (Fsp3) is 0.333. The summed E-state index contributed by atoms with van der Waals surface area (Å²) in [6.45, 7) is 6.73. The first kappa shape index (κ1) is 19.5. The average Bonchev–Trinajstić information content (AvgIpc) is 3.09. The highest BCUT2D eigenvalue weighted by molar-refractivity contribution is 5.95. The van der Waals surface area contributed by atoms with Crippen LogP contribution in [-0.2, 0) is 0 Å². The lowest BCUT2D eigenvalue weighted by Gasteiger charge is -2.09. The topological polar surface area (TPSA) is 81.9 Å². The van der Waals surface area contributed by atoms with Gasteiger partial charge in [-0.25, -0.2) is 14.6 Å². The first-order valence-electron chi connectivity index (χ1n) is 9.31. The fourth-order valence-electron chi connectivity index (χ4n) is 2.86. The number of hydrogen-bond acceptors (Lipinski definition) is 5. The minimum absolute atomic E-state index is 0.134. The van der Waals surface area contributed by atoms with Crippen LogP contribution in [0.4, 0.5) is 0 Å². The second-order valence-corrected chi connectivity index (χ2v) is 6.94. The highest BCUT2D eigenvalue weighted by Gasteiger charge is 2.17. The van der Waals surface area contributed by atoms with Gasteiger partial charge in [0.25, 0.3) is 11.9 Å². The Hall–Kier alpha value is -3.22. The lowest BCUT2D eigenvalue weighted by molar-refractivity contribution is 0.0951. The summed E-state index contributed by atoms with van der Waals surface area (Å²) in [7, 11) is 1.63. The van der Waals surface area contributed by atoms with E-state index in [2.05, 4.69) is 34.2 Å². The molecule has 7 nitrogen and oxygen atoms in total. The van der Waals surface area contributed by atoms with Crippen LogP contribution in [0.5, 0.6) is 5.75 Å². The number of para-hydroxylation sites is 1. The Kier molecular flexibility index (Phi) is 6.03. The predicted molar refractivity (Wildman–Crippen MR) is 108 cm³/mol. The van der Waals surface area contributed by atoms with Gasteiger partial charge in [0.15, 0.2) is 0 Å². The number of nitrogens with zero attached hydrogens (tertiary/aromatic N) is 4. The summed E-state index contributed by atoms with van der Waals surface area (Å²) >= 11 is 0. The van der Waals surface area contributed by atoms with Gasteiger partial charge in [-0.05, 0) is 37.5 Å². The number of methoxy groups -OCH3 is 1. The van der Waals surface area contributed by atoms with Crippen molar-refractivity contribution in [3.05, 3.63) is 54.0 Å². The Morgan fingerprint density at radius 3 is 2.79 bits per heavy atom. The number of amides is 1. The molecule has 0 fully saturated rings. The van der Waals surface area contributed by atoms with Gasteiger partial charge in [0.1, 0.15) is 5.75 Å². The van der Waals surface area contributed by atoms with Crippen LogP contribution < -0.4 is 10.1 Å². The zero-order chi connectivity index (χ0) is 20.1. The molecular formula is C21H25N5O2. The molecule has 0 aliphatic rings. The van der Waals surface area contributed by atoms with Crippen molar-refractivity contribution in [3.63, 3.8) is 0 Å². The van der Waals surface area contributed by atoms with E-state index in [1.807, 2.05) is 37.3 Å². The molecule has 146 valence electrons. The first-order chi connectivity index (χ1) is 13.5. The molecule has 1 N–H and O–H groups in total. The SMILES string of the molecule is COc1ccccc1-c1ccnc(-n2ncc(C(=O)NCCC(C)C)c2C)n1. The summed E-state index contributed by atoms with van der Waals surface area (Å²) in [5.41, 5.74) is 2.81. The van der Waals surface area contributed by atoms with Gasteiger partial charge >= 0.3 is 0 Å². The molecule has 2 heterocycles. The second-order valence-electron chi connectivity index (χ2n) is 6.94. The second kappa shape index (κ2) is 8.65. The number of benzene rings is 1. The van der Waals surface area contributed by atoms with E-state index in [0.717, 1.165) is 23.4 Å². The van der Waals surface area contributed by atoms with Crippen molar-refractivity contribution in [3.8, 4) is 23.0 Å². The van der Waals surface area contributed by atoms with Crippen LogP contribution in [0.2, 0.25) is 0 Å². The maximum absolute atomic E-state index is 12.4. The molecule has 7 heteroatoms. The summed E-state index contributed by atoms with van der Waals surface area (Å²) in [5.74, 6) is 1.54.